The van der Waals surface area contributed by atoms with Crippen LogP contribution in [0.25, 0.3) is 6.08 Å². The highest BCUT2D eigenvalue weighted by atomic mass is 79.9. The molecule has 0 aliphatic heterocycles. The predicted molar refractivity (Wildman–Crippen MR) is 88.0 cm³/mol. The summed E-state index contributed by atoms with van der Waals surface area (Å²) in [7, 11) is 1.49. The van der Waals surface area contributed by atoms with E-state index in [1.54, 1.807) is 19.9 Å². The van der Waals surface area contributed by atoms with Gasteiger partial charge in [0.25, 0.3) is 0 Å². The number of carbonyl (C=O) groups excluding carboxylic acids is 1. The van der Waals surface area contributed by atoms with Gasteiger partial charge in [-0.1, -0.05) is 0 Å². The first-order valence-electron chi connectivity index (χ1n) is 6.89. The van der Waals surface area contributed by atoms with Crippen LogP contribution < -0.4 is 4.74 Å². The van der Waals surface area contributed by atoms with Gasteiger partial charge in [-0.05, 0) is 53.5 Å². The van der Waals surface area contributed by atoms with Gasteiger partial charge in [-0.25, -0.2) is 4.79 Å². The topological polar surface area (TPSA) is 88.8 Å². The van der Waals surface area contributed by atoms with Gasteiger partial charge in [0.05, 0.1) is 17.7 Å². The van der Waals surface area contributed by atoms with Gasteiger partial charge in [0.2, 0.25) is 0 Å². The fraction of sp³-hybridized carbons (Fsp3) is 0.375. The van der Waals surface area contributed by atoms with Crippen LogP contribution in [0.15, 0.2) is 22.2 Å². The van der Waals surface area contributed by atoms with Crippen LogP contribution in [-0.2, 0) is 14.3 Å². The largest absolute Gasteiger partial charge is 0.503 e. The van der Waals surface area contributed by atoms with Crippen LogP contribution in [0.2, 0.25) is 0 Å². The fourth-order valence-corrected chi connectivity index (χ4v) is 2.22. The quantitative estimate of drug-likeness (QED) is 0.442. The minimum Gasteiger partial charge on any atom is -0.503 e. The molecule has 1 atom stereocenters. The van der Waals surface area contributed by atoms with Crippen LogP contribution in [0.5, 0.6) is 11.5 Å². The molecule has 0 bridgehead atoms. The number of phenols is 1. The third kappa shape index (κ3) is 5.58. The number of hydrogen-bond donors (Lipinski definition) is 1. The number of nitrogens with zero attached hydrogens (tertiary/aromatic N) is 1. The lowest BCUT2D eigenvalue weighted by Gasteiger charge is -2.12. The fourth-order valence-electron chi connectivity index (χ4n) is 1.76. The van der Waals surface area contributed by atoms with Crippen LogP contribution in [0.1, 0.15) is 19.4 Å². The van der Waals surface area contributed by atoms with E-state index in [0.29, 0.717) is 16.6 Å². The number of methoxy groups -OCH3 is 1. The molecule has 6 nitrogen and oxygen atoms in total. The molecule has 0 radical (unpaired) electrons. The number of ether oxygens (including phenoxy) is 3. The molecule has 1 rings (SSSR count). The summed E-state index contributed by atoms with van der Waals surface area (Å²) in [6.45, 7) is 4.06. The summed E-state index contributed by atoms with van der Waals surface area (Å²) in [6, 6.07) is 4.92. The zero-order chi connectivity index (χ0) is 17.4. The van der Waals surface area contributed by atoms with E-state index in [0.717, 1.165) is 0 Å². The number of aromatic hydroxyl groups is 1. The Morgan fingerprint density at radius 2 is 2.22 bits per heavy atom. The minimum absolute atomic E-state index is 0.0428. The lowest BCUT2D eigenvalue weighted by Crippen LogP contribution is -2.20. The summed E-state index contributed by atoms with van der Waals surface area (Å²) in [4.78, 5) is 12.0. The summed E-state index contributed by atoms with van der Waals surface area (Å²) in [5.41, 5.74) is 0.360. The highest BCUT2D eigenvalue weighted by Crippen LogP contribution is 2.36. The van der Waals surface area contributed by atoms with Crippen LogP contribution in [0.4, 0.5) is 0 Å². The average molecular weight is 384 g/mol. The van der Waals surface area contributed by atoms with Crippen molar-refractivity contribution < 1.29 is 24.1 Å². The van der Waals surface area contributed by atoms with E-state index in [1.807, 2.05) is 6.07 Å². The number of halogens is 1. The number of hydrogen-bond acceptors (Lipinski definition) is 6. The molecule has 0 unspecified atom stereocenters. The smallest absolute Gasteiger partial charge is 0.349 e. The second-order valence-corrected chi connectivity index (χ2v) is 5.48. The molecule has 1 aromatic carbocycles. The van der Waals surface area contributed by atoms with Gasteiger partial charge >= 0.3 is 5.97 Å². The first-order valence-corrected chi connectivity index (χ1v) is 7.69. The molecule has 0 aliphatic rings. The van der Waals surface area contributed by atoms with Crippen molar-refractivity contribution in [2.45, 2.75) is 20.0 Å². The normalized spacial score (nSPS) is 12.4. The number of nitriles is 1. The van der Waals surface area contributed by atoms with Crippen molar-refractivity contribution in [2.75, 3.05) is 20.3 Å². The van der Waals surface area contributed by atoms with E-state index >= 15 is 0 Å². The maximum Gasteiger partial charge on any atom is 0.349 e. The van der Waals surface area contributed by atoms with E-state index in [-0.39, 0.29) is 23.7 Å². The SMILES string of the molecule is CCOc1cc(/C=C(/C#N)C(=O)O[C@@H](C)COC)cc(Br)c1O. The lowest BCUT2D eigenvalue weighted by atomic mass is 10.1. The van der Waals surface area contributed by atoms with Crippen LogP contribution in [-0.4, -0.2) is 37.5 Å². The molecule has 0 aliphatic carbocycles. The Bertz CT molecular complexity index is 636. The summed E-state index contributed by atoms with van der Waals surface area (Å²) >= 11 is 3.20. The first kappa shape index (κ1) is 19.0. The average Bonchev–Trinajstić information content (AvgIpc) is 2.49. The second-order valence-electron chi connectivity index (χ2n) is 4.62. The van der Waals surface area contributed by atoms with Crippen molar-refractivity contribution in [3.05, 3.63) is 27.7 Å². The molecular weight excluding hydrogens is 366 g/mol. The molecule has 1 aromatic rings. The summed E-state index contributed by atoms with van der Waals surface area (Å²) in [6.07, 6.45) is 0.906. The van der Waals surface area contributed by atoms with Crippen molar-refractivity contribution in [1.82, 2.24) is 0 Å². The Balaban J connectivity index is 3.07. The zero-order valence-electron chi connectivity index (χ0n) is 13.1. The van der Waals surface area contributed by atoms with Crippen molar-refractivity contribution in [3.63, 3.8) is 0 Å². The molecule has 7 heteroatoms. The Morgan fingerprint density at radius 1 is 1.52 bits per heavy atom. The second kappa shape index (κ2) is 9.18. The van der Waals surface area contributed by atoms with Gasteiger partial charge < -0.3 is 19.3 Å². The number of rotatable bonds is 7. The highest BCUT2D eigenvalue weighted by molar-refractivity contribution is 9.10. The molecule has 0 saturated heterocycles. The Hall–Kier alpha value is -2.04. The van der Waals surface area contributed by atoms with Gasteiger partial charge in [0.1, 0.15) is 17.7 Å². The molecule has 23 heavy (non-hydrogen) atoms. The summed E-state index contributed by atoms with van der Waals surface area (Å²) < 4.78 is 15.7. The molecule has 124 valence electrons. The van der Waals surface area contributed by atoms with E-state index in [9.17, 15) is 9.90 Å². The molecule has 0 spiro atoms. The molecule has 0 fully saturated rings. The summed E-state index contributed by atoms with van der Waals surface area (Å²) in [5.74, 6) is -0.524. The van der Waals surface area contributed by atoms with E-state index in [4.69, 9.17) is 19.5 Å². The molecule has 0 heterocycles. The number of carbonyl (C=O) groups is 1. The molecular formula is C16H18BrNO5. The van der Waals surface area contributed by atoms with Crippen molar-refractivity contribution in [2.24, 2.45) is 0 Å². The van der Waals surface area contributed by atoms with Gasteiger partial charge in [-0.15, -0.1) is 0 Å². The van der Waals surface area contributed by atoms with Gasteiger partial charge in [-0.3, -0.25) is 0 Å². The third-order valence-electron chi connectivity index (χ3n) is 2.71. The van der Waals surface area contributed by atoms with Crippen molar-refractivity contribution in [1.29, 1.82) is 5.26 Å². The lowest BCUT2D eigenvalue weighted by molar-refractivity contribution is -0.145. The van der Waals surface area contributed by atoms with Crippen LogP contribution in [0.3, 0.4) is 0 Å². The number of esters is 1. The zero-order valence-corrected chi connectivity index (χ0v) is 14.7. The molecule has 0 saturated carbocycles. The standard InChI is InChI=1S/C16H18BrNO5/c1-4-22-14-7-11(6-13(17)15(14)19)5-12(8-18)16(20)23-10(2)9-21-3/h5-7,10,19H,4,9H2,1-3H3/b12-5-/t10-/m0/s1. The van der Waals surface area contributed by atoms with E-state index in [2.05, 4.69) is 15.9 Å². The van der Waals surface area contributed by atoms with Crippen molar-refractivity contribution in [3.8, 4) is 17.6 Å². The van der Waals surface area contributed by atoms with Crippen molar-refractivity contribution >= 4 is 28.0 Å². The first-order chi connectivity index (χ1) is 10.9. The number of phenolic OH excluding ortho intramolecular Hbond substituents is 1. The molecule has 0 amide bonds. The minimum atomic E-state index is -0.737. The van der Waals surface area contributed by atoms with Crippen LogP contribution in [0, 0.1) is 11.3 Å². The Kier molecular flexibility index (Phi) is 7.59. The summed E-state index contributed by atoms with van der Waals surface area (Å²) in [5, 5.41) is 19.0. The van der Waals surface area contributed by atoms with Gasteiger partial charge in [0.15, 0.2) is 11.5 Å². The van der Waals surface area contributed by atoms with Gasteiger partial charge in [-0.2, -0.15) is 5.26 Å². The predicted octanol–water partition coefficient (Wildman–Crippen LogP) is 3.04. The number of benzene rings is 1. The monoisotopic (exact) mass is 383 g/mol. The van der Waals surface area contributed by atoms with E-state index in [1.165, 1.54) is 19.3 Å². The van der Waals surface area contributed by atoms with Gasteiger partial charge in [0, 0.05) is 7.11 Å². The Morgan fingerprint density at radius 3 is 2.78 bits per heavy atom. The van der Waals surface area contributed by atoms with E-state index < -0.39 is 12.1 Å². The third-order valence-corrected chi connectivity index (χ3v) is 3.32. The van der Waals surface area contributed by atoms with Crippen LogP contribution >= 0.6 is 15.9 Å². The maximum absolute atomic E-state index is 12.0. The molecule has 0 aromatic heterocycles. The molecule has 1 N–H and O–H groups in total. The maximum atomic E-state index is 12.0. The highest BCUT2D eigenvalue weighted by Gasteiger charge is 2.16. The Labute approximate surface area is 143 Å².